The van der Waals surface area contributed by atoms with Gasteiger partial charge in [-0.05, 0) is 84.3 Å². The number of benzene rings is 3. The number of Topliss-reactive ketones (excluding diaryl/α,β-unsaturated/α-hetero) is 4. The number of carbonyl (C=O) groups is 5. The standard InChI is InChI=1S/C35H33ClN2O8/c1-46-27-9-4-18(16-38-11-10-17-2-5-21(36)6-3-17)12-23(27)22-7-8-25(39)29-24(22)14-19-13-20-15-26(40)30(34(37)44)33(43)35(20,45)32(42)28(19)31(29)41/h2-9,12,19-20,28,30,38-39,45H,10-11,13-16H2,1H3,(H2,37,44)/t19-,20+,28?,30?,35+/m1/s1. The number of primary amides is 1. The molecule has 2 unspecified atom stereocenters. The van der Waals surface area contributed by atoms with E-state index in [1.165, 1.54) is 13.2 Å². The number of hydrogen-bond donors (Lipinski definition) is 4. The lowest BCUT2D eigenvalue weighted by Crippen LogP contribution is -2.68. The molecule has 3 aromatic rings. The number of nitrogens with two attached hydrogens (primary N) is 1. The number of ether oxygens (including phenoxy) is 1. The van der Waals surface area contributed by atoms with Crippen LogP contribution in [-0.4, -0.2) is 58.5 Å². The number of aliphatic hydroxyl groups is 1. The molecule has 3 aliphatic carbocycles. The lowest BCUT2D eigenvalue weighted by atomic mass is 9.53. The first-order chi connectivity index (χ1) is 21.9. The molecule has 5 atom stereocenters. The van der Waals surface area contributed by atoms with Crippen molar-refractivity contribution >= 4 is 40.6 Å². The summed E-state index contributed by atoms with van der Waals surface area (Å²) in [6.07, 6.45) is 0.609. The van der Waals surface area contributed by atoms with Crippen molar-refractivity contribution in [3.8, 4) is 22.6 Å². The summed E-state index contributed by atoms with van der Waals surface area (Å²) < 4.78 is 5.68. The number of hydrogen-bond acceptors (Lipinski definition) is 9. The Bertz CT molecular complexity index is 1790. The normalized spacial score (nSPS) is 25.5. The molecule has 0 saturated heterocycles. The van der Waals surface area contributed by atoms with Gasteiger partial charge in [0.15, 0.2) is 34.7 Å². The van der Waals surface area contributed by atoms with Crippen molar-refractivity contribution in [1.82, 2.24) is 5.32 Å². The summed E-state index contributed by atoms with van der Waals surface area (Å²) >= 11 is 5.98. The molecular weight excluding hydrogens is 612 g/mol. The van der Waals surface area contributed by atoms with Crippen LogP contribution in [0.3, 0.4) is 0 Å². The summed E-state index contributed by atoms with van der Waals surface area (Å²) in [6, 6.07) is 16.5. The van der Waals surface area contributed by atoms with Gasteiger partial charge < -0.3 is 26.0 Å². The number of phenols is 1. The fourth-order valence-electron chi connectivity index (χ4n) is 7.41. The average molecular weight is 645 g/mol. The average Bonchev–Trinajstić information content (AvgIpc) is 3.02. The summed E-state index contributed by atoms with van der Waals surface area (Å²) in [5, 5.41) is 26.4. The monoisotopic (exact) mass is 644 g/mol. The molecule has 10 nitrogen and oxygen atoms in total. The number of fused-ring (bicyclic) bond motifs is 3. The maximum absolute atomic E-state index is 14.0. The Labute approximate surface area is 269 Å². The van der Waals surface area contributed by atoms with E-state index in [1.54, 1.807) is 6.07 Å². The Balaban J connectivity index is 1.31. The van der Waals surface area contributed by atoms with Crippen molar-refractivity contribution < 1.29 is 38.9 Å². The Morgan fingerprint density at radius 1 is 1.00 bits per heavy atom. The molecular formula is C35H33ClN2O8. The molecule has 3 aliphatic rings. The van der Waals surface area contributed by atoms with Crippen LogP contribution in [0, 0.1) is 23.7 Å². The van der Waals surface area contributed by atoms with Crippen LogP contribution >= 0.6 is 11.6 Å². The molecule has 11 heteroatoms. The summed E-state index contributed by atoms with van der Waals surface area (Å²) in [7, 11) is 1.54. The highest BCUT2D eigenvalue weighted by molar-refractivity contribution is 6.31. The largest absolute Gasteiger partial charge is 0.507 e. The smallest absolute Gasteiger partial charge is 0.235 e. The van der Waals surface area contributed by atoms with Gasteiger partial charge >= 0.3 is 0 Å². The summed E-state index contributed by atoms with van der Waals surface area (Å²) in [4.78, 5) is 65.5. The summed E-state index contributed by atoms with van der Waals surface area (Å²) in [5.41, 5.74) is 6.46. The van der Waals surface area contributed by atoms with Gasteiger partial charge in [-0.25, -0.2) is 0 Å². The second-order valence-corrected chi connectivity index (χ2v) is 12.7. The van der Waals surface area contributed by atoms with Crippen molar-refractivity contribution in [2.45, 2.75) is 37.8 Å². The predicted octanol–water partition coefficient (Wildman–Crippen LogP) is 2.99. The van der Waals surface area contributed by atoms with Crippen LogP contribution in [0.2, 0.25) is 5.02 Å². The van der Waals surface area contributed by atoms with Gasteiger partial charge in [0.1, 0.15) is 11.5 Å². The number of methoxy groups -OCH3 is 1. The van der Waals surface area contributed by atoms with Crippen LogP contribution in [0.1, 0.15) is 39.9 Å². The molecule has 0 aliphatic heterocycles. The number of ketones is 4. The number of halogens is 1. The minimum Gasteiger partial charge on any atom is -0.507 e. The van der Waals surface area contributed by atoms with Crippen LogP contribution in [-0.2, 0) is 38.6 Å². The molecule has 0 spiro atoms. The van der Waals surface area contributed by atoms with Gasteiger partial charge in [0.25, 0.3) is 0 Å². The molecule has 0 radical (unpaired) electrons. The minimum absolute atomic E-state index is 0.0187. The lowest BCUT2D eigenvalue weighted by Gasteiger charge is -2.48. The minimum atomic E-state index is -2.69. The van der Waals surface area contributed by atoms with Crippen molar-refractivity contribution in [2.75, 3.05) is 13.7 Å². The zero-order valence-corrected chi connectivity index (χ0v) is 25.8. The molecule has 46 heavy (non-hydrogen) atoms. The fraction of sp³-hybridized carbons (Fsp3) is 0.343. The molecule has 0 aromatic heterocycles. The van der Waals surface area contributed by atoms with Gasteiger partial charge in [-0.1, -0.05) is 35.9 Å². The van der Waals surface area contributed by atoms with Crippen molar-refractivity contribution in [1.29, 1.82) is 0 Å². The van der Waals surface area contributed by atoms with E-state index in [4.69, 9.17) is 22.1 Å². The highest BCUT2D eigenvalue weighted by Crippen LogP contribution is 2.51. The first-order valence-corrected chi connectivity index (χ1v) is 15.5. The van der Waals surface area contributed by atoms with Crippen LogP contribution in [0.15, 0.2) is 54.6 Å². The van der Waals surface area contributed by atoms with E-state index in [-0.39, 0.29) is 30.6 Å². The number of carbonyl (C=O) groups excluding carboxylic acids is 5. The van der Waals surface area contributed by atoms with Gasteiger partial charge in [-0.3, -0.25) is 24.0 Å². The highest BCUT2D eigenvalue weighted by atomic mass is 35.5. The third kappa shape index (κ3) is 5.20. The molecule has 0 heterocycles. The summed E-state index contributed by atoms with van der Waals surface area (Å²) in [6.45, 7) is 1.28. The van der Waals surface area contributed by atoms with E-state index in [2.05, 4.69) is 5.32 Å². The van der Waals surface area contributed by atoms with Crippen LogP contribution in [0.5, 0.6) is 11.5 Å². The Kier molecular flexibility index (Phi) is 8.30. The molecule has 5 N–H and O–H groups in total. The fourth-order valence-corrected chi connectivity index (χ4v) is 7.54. The second kappa shape index (κ2) is 12.1. The number of rotatable bonds is 8. The maximum atomic E-state index is 14.0. The second-order valence-electron chi connectivity index (χ2n) is 12.3. The topological polar surface area (TPSA) is 173 Å². The molecule has 2 saturated carbocycles. The molecule has 6 rings (SSSR count). The zero-order valence-electron chi connectivity index (χ0n) is 25.0. The highest BCUT2D eigenvalue weighted by Gasteiger charge is 2.66. The van der Waals surface area contributed by atoms with E-state index in [9.17, 15) is 34.2 Å². The van der Waals surface area contributed by atoms with Crippen molar-refractivity contribution in [3.63, 3.8) is 0 Å². The maximum Gasteiger partial charge on any atom is 0.235 e. The van der Waals surface area contributed by atoms with E-state index >= 15 is 0 Å². The van der Waals surface area contributed by atoms with Crippen LogP contribution in [0.4, 0.5) is 0 Å². The Hall–Kier alpha value is -4.38. The van der Waals surface area contributed by atoms with Gasteiger partial charge in [0, 0.05) is 29.5 Å². The van der Waals surface area contributed by atoms with Gasteiger partial charge in [-0.2, -0.15) is 0 Å². The number of phenolic OH excluding ortho intramolecular Hbond substituents is 1. The first-order valence-electron chi connectivity index (χ1n) is 15.1. The predicted molar refractivity (Wildman–Crippen MR) is 167 cm³/mol. The van der Waals surface area contributed by atoms with Crippen molar-refractivity contribution in [2.24, 2.45) is 29.4 Å². The van der Waals surface area contributed by atoms with Crippen molar-refractivity contribution in [3.05, 3.63) is 81.9 Å². The third-order valence-electron chi connectivity index (χ3n) is 9.67. The molecule has 238 valence electrons. The number of aromatic hydroxyl groups is 1. The molecule has 1 amide bonds. The van der Waals surface area contributed by atoms with Gasteiger partial charge in [0.2, 0.25) is 5.91 Å². The molecule has 2 fully saturated rings. The molecule has 3 aromatic carbocycles. The third-order valence-corrected chi connectivity index (χ3v) is 9.92. The first kappa shape index (κ1) is 31.6. The van der Waals surface area contributed by atoms with Crippen LogP contribution < -0.4 is 15.8 Å². The Morgan fingerprint density at radius 3 is 2.41 bits per heavy atom. The van der Waals surface area contributed by atoms with E-state index in [1.807, 2.05) is 42.5 Å². The quantitative estimate of drug-likeness (QED) is 0.212. The van der Waals surface area contributed by atoms with E-state index < -0.39 is 58.3 Å². The zero-order chi connectivity index (χ0) is 32.9. The number of nitrogens with one attached hydrogen (secondary N) is 1. The van der Waals surface area contributed by atoms with Gasteiger partial charge in [-0.15, -0.1) is 0 Å². The van der Waals surface area contributed by atoms with Crippen LogP contribution in [0.25, 0.3) is 11.1 Å². The van der Waals surface area contributed by atoms with Gasteiger partial charge in [0.05, 0.1) is 18.6 Å². The SMILES string of the molecule is COc1ccc(CNCCc2ccc(Cl)cc2)cc1-c1ccc(O)c2c1C[C@H]1C[C@H]3CC(=O)C(C(N)=O)C(=O)[C@@]3(O)C(=O)C1C2=O. The van der Waals surface area contributed by atoms with E-state index in [0.29, 0.717) is 34.0 Å². The Morgan fingerprint density at radius 2 is 1.72 bits per heavy atom. The lowest BCUT2D eigenvalue weighted by molar-refractivity contribution is -0.175. The summed E-state index contributed by atoms with van der Waals surface area (Å²) in [5.74, 6) is -9.94. The number of amides is 1. The molecule has 0 bridgehead atoms. The van der Waals surface area contributed by atoms with E-state index in [0.717, 1.165) is 24.1 Å².